The molecule has 0 saturated carbocycles. The first-order valence-corrected chi connectivity index (χ1v) is 10.2. The van der Waals surface area contributed by atoms with Crippen molar-refractivity contribution in [1.29, 1.82) is 0 Å². The zero-order valence-electron chi connectivity index (χ0n) is 16.9. The molecule has 30 heavy (non-hydrogen) atoms. The first kappa shape index (κ1) is 20.3. The lowest BCUT2D eigenvalue weighted by Gasteiger charge is -2.23. The smallest absolute Gasteiger partial charge is 0.264 e. The summed E-state index contributed by atoms with van der Waals surface area (Å²) in [4.78, 5) is 28.0. The molecule has 152 valence electrons. The Balaban J connectivity index is 1.73. The van der Waals surface area contributed by atoms with Gasteiger partial charge in [0, 0.05) is 16.1 Å². The Morgan fingerprint density at radius 2 is 1.77 bits per heavy atom. The van der Waals surface area contributed by atoms with Crippen LogP contribution in [0.15, 0.2) is 66.7 Å². The summed E-state index contributed by atoms with van der Waals surface area (Å²) in [6, 6.07) is 20.1. The third-order valence-corrected chi connectivity index (χ3v) is 5.82. The highest BCUT2D eigenvalue weighted by Crippen LogP contribution is 2.44. The van der Waals surface area contributed by atoms with Gasteiger partial charge in [-0.15, -0.1) is 0 Å². The summed E-state index contributed by atoms with van der Waals surface area (Å²) >= 11 is 6.18. The number of ketones is 1. The molecule has 0 aliphatic carbocycles. The van der Waals surface area contributed by atoms with Crippen LogP contribution in [0.5, 0.6) is 0 Å². The first-order chi connectivity index (χ1) is 14.3. The van der Waals surface area contributed by atoms with E-state index in [4.69, 9.17) is 11.6 Å². The van der Waals surface area contributed by atoms with Gasteiger partial charge in [0.1, 0.15) is 0 Å². The van der Waals surface area contributed by atoms with Crippen molar-refractivity contribution in [2.75, 3.05) is 4.90 Å². The van der Waals surface area contributed by atoms with E-state index < -0.39 is 11.5 Å². The number of rotatable bonds is 5. The Morgan fingerprint density at radius 3 is 2.50 bits per heavy atom. The highest BCUT2D eigenvalue weighted by Gasteiger charge is 2.51. The van der Waals surface area contributed by atoms with E-state index in [9.17, 15) is 14.7 Å². The van der Waals surface area contributed by atoms with Crippen LogP contribution in [0.3, 0.4) is 0 Å². The monoisotopic (exact) mass is 419 g/mol. The molecule has 0 aromatic heterocycles. The molecule has 0 bridgehead atoms. The second-order valence-electron chi connectivity index (χ2n) is 7.82. The summed E-state index contributed by atoms with van der Waals surface area (Å²) in [6.45, 7) is 4.05. The lowest BCUT2D eigenvalue weighted by Crippen LogP contribution is -2.41. The molecule has 0 saturated heterocycles. The van der Waals surface area contributed by atoms with Crippen LogP contribution in [0.1, 0.15) is 39.0 Å². The molecule has 3 aromatic carbocycles. The third kappa shape index (κ3) is 3.53. The molecule has 1 unspecified atom stereocenters. The van der Waals surface area contributed by atoms with Crippen LogP contribution in [0, 0.1) is 13.8 Å². The molecule has 5 heteroatoms. The maximum atomic E-state index is 13.4. The van der Waals surface area contributed by atoms with Crippen molar-refractivity contribution in [2.45, 2.75) is 32.4 Å². The number of carbonyl (C=O) groups is 2. The Kier molecular flexibility index (Phi) is 5.22. The van der Waals surface area contributed by atoms with Crippen molar-refractivity contribution in [3.63, 3.8) is 0 Å². The van der Waals surface area contributed by atoms with Crippen molar-refractivity contribution >= 4 is 29.0 Å². The van der Waals surface area contributed by atoms with Crippen molar-refractivity contribution in [2.24, 2.45) is 0 Å². The second-order valence-corrected chi connectivity index (χ2v) is 8.25. The van der Waals surface area contributed by atoms with E-state index >= 15 is 0 Å². The molecule has 4 rings (SSSR count). The number of Topliss-reactive ketones (excluding diaryl/α,β-unsaturated/α-hetero) is 1. The predicted molar refractivity (Wildman–Crippen MR) is 118 cm³/mol. The Bertz CT molecular complexity index is 1140. The van der Waals surface area contributed by atoms with Crippen molar-refractivity contribution in [3.8, 4) is 0 Å². The van der Waals surface area contributed by atoms with Crippen molar-refractivity contribution in [1.82, 2.24) is 0 Å². The maximum absolute atomic E-state index is 13.4. The number of aliphatic hydroxyl groups is 1. The minimum absolute atomic E-state index is 0.278. The van der Waals surface area contributed by atoms with Gasteiger partial charge >= 0.3 is 0 Å². The molecule has 1 aliphatic heterocycles. The zero-order chi connectivity index (χ0) is 21.5. The van der Waals surface area contributed by atoms with Crippen LogP contribution in [0.4, 0.5) is 5.69 Å². The fourth-order valence-corrected chi connectivity index (χ4v) is 4.15. The summed E-state index contributed by atoms with van der Waals surface area (Å²) in [6.07, 6.45) is -0.339. The first-order valence-electron chi connectivity index (χ1n) is 9.78. The maximum Gasteiger partial charge on any atom is 0.264 e. The number of nitrogens with zero attached hydrogens (tertiary/aromatic N) is 1. The van der Waals surface area contributed by atoms with Crippen molar-refractivity contribution in [3.05, 3.63) is 99.6 Å². The van der Waals surface area contributed by atoms with Gasteiger partial charge in [0.2, 0.25) is 0 Å². The molecule has 1 amide bonds. The average molecular weight is 420 g/mol. The number of amides is 1. The molecular weight excluding hydrogens is 398 g/mol. The Morgan fingerprint density at radius 1 is 1.03 bits per heavy atom. The van der Waals surface area contributed by atoms with Crippen LogP contribution in [0.25, 0.3) is 0 Å². The molecule has 3 aromatic rings. The molecular formula is C25H22ClNO3. The van der Waals surface area contributed by atoms with E-state index in [0.29, 0.717) is 28.4 Å². The van der Waals surface area contributed by atoms with Gasteiger partial charge < -0.3 is 10.0 Å². The lowest BCUT2D eigenvalue weighted by molar-refractivity contribution is -0.136. The molecule has 1 atom stereocenters. The molecule has 1 heterocycles. The summed E-state index contributed by atoms with van der Waals surface area (Å²) in [7, 11) is 0. The van der Waals surface area contributed by atoms with Crippen LogP contribution in [-0.2, 0) is 16.9 Å². The Labute approximate surface area is 180 Å². The quantitative estimate of drug-likeness (QED) is 0.594. The number of hydrogen-bond donors (Lipinski definition) is 1. The van der Waals surface area contributed by atoms with Gasteiger partial charge in [-0.1, -0.05) is 59.6 Å². The van der Waals surface area contributed by atoms with Crippen LogP contribution < -0.4 is 4.90 Å². The van der Waals surface area contributed by atoms with E-state index in [1.54, 1.807) is 24.3 Å². The summed E-state index contributed by atoms with van der Waals surface area (Å²) in [5, 5.41) is 11.9. The van der Waals surface area contributed by atoms with Crippen LogP contribution in [0.2, 0.25) is 5.02 Å². The highest BCUT2D eigenvalue weighted by molar-refractivity contribution is 6.31. The van der Waals surface area contributed by atoms with Crippen molar-refractivity contribution < 1.29 is 14.7 Å². The molecule has 1 N–H and O–H groups in total. The van der Waals surface area contributed by atoms with E-state index in [2.05, 4.69) is 0 Å². The fourth-order valence-electron chi connectivity index (χ4n) is 3.98. The van der Waals surface area contributed by atoms with Crippen LogP contribution in [-0.4, -0.2) is 16.8 Å². The van der Waals surface area contributed by atoms with Crippen LogP contribution >= 0.6 is 11.6 Å². The number of aryl methyl sites for hydroxylation is 2. The van der Waals surface area contributed by atoms with Gasteiger partial charge in [-0.2, -0.15) is 0 Å². The van der Waals surface area contributed by atoms with Gasteiger partial charge in [-0.3, -0.25) is 9.59 Å². The second kappa shape index (κ2) is 7.71. The molecule has 4 nitrogen and oxygen atoms in total. The van der Waals surface area contributed by atoms with Gasteiger partial charge in [-0.05, 0) is 49.2 Å². The topological polar surface area (TPSA) is 57.6 Å². The number of carbonyl (C=O) groups excluding carboxylic acids is 2. The van der Waals surface area contributed by atoms with Gasteiger partial charge in [0.25, 0.3) is 5.91 Å². The third-order valence-electron chi connectivity index (χ3n) is 5.59. The average Bonchev–Trinajstić information content (AvgIpc) is 2.92. The van der Waals surface area contributed by atoms with Gasteiger partial charge in [0.05, 0.1) is 18.7 Å². The largest absolute Gasteiger partial charge is 0.375 e. The number of hydrogen-bond acceptors (Lipinski definition) is 3. The van der Waals surface area contributed by atoms with E-state index in [1.165, 1.54) is 4.90 Å². The number of anilines is 1. The SMILES string of the molecule is Cc1ccc(C)c(C(=O)CC2(O)C(=O)N(Cc3ccccc3)c3ccc(Cl)cc32)c1. The minimum atomic E-state index is -1.96. The van der Waals surface area contributed by atoms with E-state index in [1.807, 2.05) is 56.3 Å². The summed E-state index contributed by atoms with van der Waals surface area (Å²) in [5.41, 5.74) is 2.19. The molecule has 0 radical (unpaired) electrons. The van der Waals surface area contributed by atoms with E-state index in [-0.39, 0.29) is 12.2 Å². The normalized spacial score (nSPS) is 17.9. The minimum Gasteiger partial charge on any atom is -0.375 e. The predicted octanol–water partition coefficient (Wildman–Crippen LogP) is 4.96. The molecule has 0 fully saturated rings. The fraction of sp³-hybridized carbons (Fsp3) is 0.200. The lowest BCUT2D eigenvalue weighted by atomic mass is 9.87. The van der Waals surface area contributed by atoms with Gasteiger partial charge in [-0.25, -0.2) is 0 Å². The highest BCUT2D eigenvalue weighted by atomic mass is 35.5. The molecule has 1 aliphatic rings. The van der Waals surface area contributed by atoms with E-state index in [0.717, 1.165) is 16.7 Å². The number of halogens is 1. The zero-order valence-corrected chi connectivity index (χ0v) is 17.6. The Hall–Kier alpha value is -2.95. The van der Waals surface area contributed by atoms with Gasteiger partial charge in [0.15, 0.2) is 11.4 Å². The summed E-state index contributed by atoms with van der Waals surface area (Å²) in [5.74, 6) is -0.790. The standard InChI is InChI=1S/C25H22ClNO3/c1-16-8-9-17(2)20(12-16)23(28)14-25(30)21-13-19(26)10-11-22(21)27(24(25)29)15-18-6-4-3-5-7-18/h3-13,30H,14-15H2,1-2H3. The number of fused-ring (bicyclic) bond motifs is 1. The molecule has 0 spiro atoms. The number of benzene rings is 3. The summed E-state index contributed by atoms with van der Waals surface area (Å²) < 4.78 is 0.